The highest BCUT2D eigenvalue weighted by atomic mass is 16.5. The van der Waals surface area contributed by atoms with Crippen molar-refractivity contribution >= 4 is 17.7 Å². The number of ether oxygens (including phenoxy) is 1. The van der Waals surface area contributed by atoms with E-state index in [4.69, 9.17) is 9.84 Å². The van der Waals surface area contributed by atoms with Crippen molar-refractivity contribution in [3.05, 3.63) is 12.4 Å². The summed E-state index contributed by atoms with van der Waals surface area (Å²) in [5.41, 5.74) is 0.492. The minimum absolute atomic E-state index is 0.201. The normalized spacial score (nSPS) is 11.9. The van der Waals surface area contributed by atoms with Gasteiger partial charge >= 0.3 is 12.0 Å². The van der Waals surface area contributed by atoms with Crippen LogP contribution in [0.25, 0.3) is 0 Å². The van der Waals surface area contributed by atoms with Crippen LogP contribution < -0.4 is 10.6 Å². The Labute approximate surface area is 104 Å². The minimum atomic E-state index is -1.10. The average Bonchev–Trinajstić information content (AvgIpc) is 2.69. The van der Waals surface area contributed by atoms with Crippen LogP contribution in [-0.2, 0) is 16.6 Å². The van der Waals surface area contributed by atoms with Gasteiger partial charge in [-0.2, -0.15) is 5.10 Å². The van der Waals surface area contributed by atoms with Crippen LogP contribution in [0.1, 0.15) is 6.42 Å². The van der Waals surface area contributed by atoms with E-state index in [0.29, 0.717) is 5.69 Å². The van der Waals surface area contributed by atoms with Gasteiger partial charge in [0.1, 0.15) is 6.04 Å². The third-order valence-corrected chi connectivity index (χ3v) is 2.18. The molecule has 0 saturated heterocycles. The summed E-state index contributed by atoms with van der Waals surface area (Å²) in [5, 5.41) is 17.6. The number of aryl methyl sites for hydroxylation is 1. The number of amides is 2. The van der Waals surface area contributed by atoms with Crippen molar-refractivity contribution in [2.24, 2.45) is 7.05 Å². The Morgan fingerprint density at radius 2 is 2.33 bits per heavy atom. The molecule has 0 spiro atoms. The lowest BCUT2D eigenvalue weighted by Crippen LogP contribution is -2.43. The van der Waals surface area contributed by atoms with Crippen LogP contribution >= 0.6 is 0 Å². The average molecular weight is 256 g/mol. The largest absolute Gasteiger partial charge is 0.480 e. The number of carbonyl (C=O) groups is 2. The first-order chi connectivity index (χ1) is 8.52. The number of urea groups is 1. The number of anilines is 1. The third kappa shape index (κ3) is 4.42. The quantitative estimate of drug-likeness (QED) is 0.666. The number of carbonyl (C=O) groups excluding carboxylic acids is 1. The van der Waals surface area contributed by atoms with Crippen LogP contribution in [0, 0.1) is 0 Å². The van der Waals surface area contributed by atoms with E-state index in [-0.39, 0.29) is 13.0 Å². The van der Waals surface area contributed by atoms with Crippen molar-refractivity contribution in [3.63, 3.8) is 0 Å². The molecule has 1 heterocycles. The molecule has 1 aromatic rings. The molecule has 1 unspecified atom stereocenters. The van der Waals surface area contributed by atoms with Crippen LogP contribution in [0.2, 0.25) is 0 Å². The smallest absolute Gasteiger partial charge is 0.326 e. The molecule has 0 aliphatic rings. The molecule has 0 aromatic carbocycles. The number of carboxylic acid groups (broad SMARTS) is 1. The van der Waals surface area contributed by atoms with Gasteiger partial charge in [-0.25, -0.2) is 9.59 Å². The van der Waals surface area contributed by atoms with Gasteiger partial charge in [-0.05, 0) is 0 Å². The molecule has 2 amide bonds. The van der Waals surface area contributed by atoms with E-state index in [0.717, 1.165) is 0 Å². The Hall–Kier alpha value is -2.09. The van der Waals surface area contributed by atoms with Crippen molar-refractivity contribution in [1.82, 2.24) is 15.1 Å². The van der Waals surface area contributed by atoms with Crippen LogP contribution in [0.15, 0.2) is 12.4 Å². The number of nitrogens with zero attached hydrogens (tertiary/aromatic N) is 2. The van der Waals surface area contributed by atoms with E-state index < -0.39 is 18.0 Å². The Morgan fingerprint density at radius 3 is 2.83 bits per heavy atom. The van der Waals surface area contributed by atoms with E-state index in [1.165, 1.54) is 18.0 Å². The number of rotatable bonds is 6. The maximum atomic E-state index is 11.5. The summed E-state index contributed by atoms with van der Waals surface area (Å²) in [7, 11) is 3.18. The molecular weight excluding hydrogens is 240 g/mol. The van der Waals surface area contributed by atoms with Gasteiger partial charge in [0.15, 0.2) is 0 Å². The molecule has 8 nitrogen and oxygen atoms in total. The molecule has 1 atom stereocenters. The fraction of sp³-hybridized carbons (Fsp3) is 0.500. The highest BCUT2D eigenvalue weighted by molar-refractivity contribution is 5.91. The number of hydrogen-bond donors (Lipinski definition) is 3. The topological polar surface area (TPSA) is 105 Å². The first-order valence-electron chi connectivity index (χ1n) is 5.31. The van der Waals surface area contributed by atoms with E-state index in [2.05, 4.69) is 15.7 Å². The molecule has 0 aliphatic carbocycles. The highest BCUT2D eigenvalue weighted by Crippen LogP contribution is 2.03. The zero-order chi connectivity index (χ0) is 13.5. The lowest BCUT2D eigenvalue weighted by Gasteiger charge is -2.14. The van der Waals surface area contributed by atoms with Gasteiger partial charge < -0.3 is 20.5 Å². The maximum absolute atomic E-state index is 11.5. The molecular formula is C10H16N4O4. The number of hydrogen-bond acceptors (Lipinski definition) is 4. The predicted octanol–water partition coefficient (Wildman–Crippen LogP) is 0.0313. The molecule has 1 rings (SSSR count). The second-order valence-electron chi connectivity index (χ2n) is 3.67. The summed E-state index contributed by atoms with van der Waals surface area (Å²) in [6.07, 6.45) is 3.27. The summed E-state index contributed by atoms with van der Waals surface area (Å²) in [5.74, 6) is -1.10. The summed E-state index contributed by atoms with van der Waals surface area (Å²) < 4.78 is 6.30. The number of aliphatic carboxylic acids is 1. The SMILES string of the molecule is COCCC(NC(=O)Nc1cnn(C)c1)C(=O)O. The molecule has 0 radical (unpaired) electrons. The Bertz CT molecular complexity index is 418. The zero-order valence-corrected chi connectivity index (χ0v) is 10.2. The summed E-state index contributed by atoms with van der Waals surface area (Å²) in [6, 6.07) is -1.58. The van der Waals surface area contributed by atoms with Gasteiger partial charge in [-0.1, -0.05) is 0 Å². The van der Waals surface area contributed by atoms with Crippen LogP contribution in [-0.4, -0.2) is 46.6 Å². The fourth-order valence-electron chi connectivity index (χ4n) is 1.30. The Morgan fingerprint density at radius 1 is 1.61 bits per heavy atom. The molecule has 8 heteroatoms. The molecule has 0 bridgehead atoms. The van der Waals surface area contributed by atoms with E-state index >= 15 is 0 Å². The first-order valence-corrected chi connectivity index (χ1v) is 5.31. The Balaban J connectivity index is 2.48. The van der Waals surface area contributed by atoms with Crippen molar-refractivity contribution in [3.8, 4) is 0 Å². The predicted molar refractivity (Wildman–Crippen MR) is 63.3 cm³/mol. The first kappa shape index (κ1) is 14.0. The van der Waals surface area contributed by atoms with Gasteiger partial charge in [0.05, 0.1) is 11.9 Å². The molecule has 0 saturated carbocycles. The van der Waals surface area contributed by atoms with Crippen molar-refractivity contribution in [2.75, 3.05) is 19.0 Å². The number of nitrogens with one attached hydrogen (secondary N) is 2. The summed E-state index contributed by atoms with van der Waals surface area (Å²) in [6.45, 7) is 0.254. The molecule has 18 heavy (non-hydrogen) atoms. The second kappa shape index (κ2) is 6.60. The van der Waals surface area contributed by atoms with E-state index in [9.17, 15) is 9.59 Å². The van der Waals surface area contributed by atoms with Crippen LogP contribution in [0.3, 0.4) is 0 Å². The fourth-order valence-corrected chi connectivity index (χ4v) is 1.30. The van der Waals surface area contributed by atoms with E-state index in [1.807, 2.05) is 0 Å². The molecule has 1 aromatic heterocycles. The van der Waals surface area contributed by atoms with Crippen molar-refractivity contribution in [1.29, 1.82) is 0 Å². The third-order valence-electron chi connectivity index (χ3n) is 2.18. The molecule has 3 N–H and O–H groups in total. The molecule has 0 aliphatic heterocycles. The van der Waals surface area contributed by atoms with E-state index in [1.54, 1.807) is 13.2 Å². The zero-order valence-electron chi connectivity index (χ0n) is 10.2. The number of carboxylic acids is 1. The van der Waals surface area contributed by atoms with Crippen molar-refractivity contribution < 1.29 is 19.4 Å². The van der Waals surface area contributed by atoms with Gasteiger partial charge in [0.2, 0.25) is 0 Å². The number of methoxy groups -OCH3 is 1. The summed E-state index contributed by atoms with van der Waals surface area (Å²) in [4.78, 5) is 22.4. The van der Waals surface area contributed by atoms with Crippen LogP contribution in [0.5, 0.6) is 0 Å². The Kier molecular flexibility index (Phi) is 5.12. The maximum Gasteiger partial charge on any atom is 0.326 e. The number of aromatic nitrogens is 2. The summed E-state index contributed by atoms with van der Waals surface area (Å²) >= 11 is 0. The van der Waals surface area contributed by atoms with Crippen LogP contribution in [0.4, 0.5) is 10.5 Å². The lowest BCUT2D eigenvalue weighted by molar-refractivity contribution is -0.139. The van der Waals surface area contributed by atoms with Gasteiger partial charge in [0.25, 0.3) is 0 Å². The molecule has 100 valence electrons. The standard InChI is InChI=1S/C10H16N4O4/c1-14-6-7(5-11-14)12-10(17)13-8(9(15)16)3-4-18-2/h5-6,8H,3-4H2,1-2H3,(H,15,16)(H2,12,13,17). The van der Waals surface area contributed by atoms with Crippen molar-refractivity contribution in [2.45, 2.75) is 12.5 Å². The minimum Gasteiger partial charge on any atom is -0.480 e. The monoisotopic (exact) mass is 256 g/mol. The lowest BCUT2D eigenvalue weighted by atomic mass is 10.2. The van der Waals surface area contributed by atoms with Gasteiger partial charge in [-0.15, -0.1) is 0 Å². The molecule has 0 fully saturated rings. The second-order valence-corrected chi connectivity index (χ2v) is 3.67. The van der Waals surface area contributed by atoms with Gasteiger partial charge in [-0.3, -0.25) is 4.68 Å². The van der Waals surface area contributed by atoms with Gasteiger partial charge in [0, 0.05) is 33.4 Å². The highest BCUT2D eigenvalue weighted by Gasteiger charge is 2.19.